The molecule has 31 heavy (non-hydrogen) atoms. The zero-order chi connectivity index (χ0) is 22.0. The molecule has 0 fully saturated rings. The largest absolute Gasteiger partial charge is 0.493 e. The van der Waals surface area contributed by atoms with E-state index in [0.717, 1.165) is 33.3 Å². The topological polar surface area (TPSA) is 61.9 Å². The van der Waals surface area contributed by atoms with Crippen molar-refractivity contribution < 1.29 is 5.11 Å². The summed E-state index contributed by atoms with van der Waals surface area (Å²) in [5, 5.41) is 24.1. The van der Waals surface area contributed by atoms with Crippen LogP contribution in [-0.4, -0.2) is 14.8 Å². The Morgan fingerprint density at radius 3 is 2.52 bits per heavy atom. The second kappa shape index (κ2) is 8.88. The maximum absolute atomic E-state index is 10.9. The summed E-state index contributed by atoms with van der Waals surface area (Å²) in [4.78, 5) is 0. The van der Waals surface area contributed by atoms with Crippen molar-refractivity contribution in [3.05, 3.63) is 88.4 Å². The van der Waals surface area contributed by atoms with E-state index in [4.69, 9.17) is 23.8 Å². The van der Waals surface area contributed by atoms with Crippen LogP contribution in [0, 0.1) is 13.8 Å². The highest BCUT2D eigenvalue weighted by molar-refractivity contribution is 7.80. The van der Waals surface area contributed by atoms with Crippen molar-refractivity contribution in [2.45, 2.75) is 20.4 Å². The molecule has 0 amide bonds. The predicted molar refractivity (Wildman–Crippen MR) is 131 cm³/mol. The molecule has 2 N–H and O–H groups in total. The third-order valence-corrected chi connectivity index (χ3v) is 5.28. The molecule has 0 bridgehead atoms. The number of para-hydroxylation sites is 1. The van der Waals surface area contributed by atoms with Gasteiger partial charge in [-0.15, -0.1) is 10.2 Å². The Kier molecular flexibility index (Phi) is 6.02. The van der Waals surface area contributed by atoms with Gasteiger partial charge in [0.2, 0.25) is 11.0 Å². The smallest absolute Gasteiger partial charge is 0.221 e. The molecule has 5 nitrogen and oxygen atoms in total. The van der Waals surface area contributed by atoms with Gasteiger partial charge in [0, 0.05) is 16.1 Å². The third kappa shape index (κ3) is 4.76. The van der Waals surface area contributed by atoms with E-state index in [1.54, 1.807) is 4.57 Å². The van der Waals surface area contributed by atoms with Gasteiger partial charge in [0.15, 0.2) is 5.69 Å². The Balaban J connectivity index is 1.64. The Bertz CT molecular complexity index is 1290. The number of aromatic hydroxyl groups is 1. The van der Waals surface area contributed by atoms with E-state index < -0.39 is 0 Å². The molecule has 0 aliphatic carbocycles. The van der Waals surface area contributed by atoms with Crippen LogP contribution in [0.15, 0.2) is 77.0 Å². The van der Waals surface area contributed by atoms with Crippen molar-refractivity contribution in [1.82, 2.24) is 4.57 Å². The number of anilines is 1. The van der Waals surface area contributed by atoms with Crippen LogP contribution in [0.25, 0.3) is 10.9 Å². The molecule has 0 aliphatic rings. The summed E-state index contributed by atoms with van der Waals surface area (Å²) < 4.78 is 1.79. The van der Waals surface area contributed by atoms with Gasteiger partial charge in [-0.05, 0) is 73.1 Å². The summed E-state index contributed by atoms with van der Waals surface area (Å²) in [7, 11) is 0. The first-order valence-corrected chi connectivity index (χ1v) is 10.5. The van der Waals surface area contributed by atoms with Crippen LogP contribution in [0.1, 0.15) is 16.7 Å². The molecule has 0 saturated carbocycles. The minimum absolute atomic E-state index is 0.0270. The van der Waals surface area contributed by atoms with Crippen LogP contribution >= 0.6 is 23.8 Å². The fraction of sp³-hybridized carbons (Fsp3) is 0.125. The monoisotopic (exact) mass is 448 g/mol. The van der Waals surface area contributed by atoms with Gasteiger partial charge in [0.05, 0.1) is 12.1 Å². The number of nitrogens with one attached hydrogen (secondary N) is 1. The van der Waals surface area contributed by atoms with Crippen LogP contribution in [0.3, 0.4) is 0 Å². The lowest BCUT2D eigenvalue weighted by Gasteiger charge is -2.07. The standard InChI is InChI=1S/C24H21ClN4OS/c1-15-10-16(2)12-19(11-15)26-24(31)28-27-22-20-8-3-4-9-21(20)29(23(22)30)14-17-6-5-7-18(25)13-17/h3-13,30H,14H2,1-2H3,(H,26,31). The molecule has 4 aromatic rings. The average Bonchev–Trinajstić information content (AvgIpc) is 2.97. The van der Waals surface area contributed by atoms with Crippen molar-refractivity contribution in [2.24, 2.45) is 10.2 Å². The number of aromatic nitrogens is 1. The van der Waals surface area contributed by atoms with Gasteiger partial charge in [-0.25, -0.2) is 0 Å². The molecule has 4 rings (SSSR count). The van der Waals surface area contributed by atoms with Gasteiger partial charge in [-0.3, -0.25) is 0 Å². The summed E-state index contributed by atoms with van der Waals surface area (Å²) in [6, 6.07) is 21.3. The highest BCUT2D eigenvalue weighted by Gasteiger charge is 2.17. The molecule has 1 heterocycles. The lowest BCUT2D eigenvalue weighted by Crippen LogP contribution is -2.05. The van der Waals surface area contributed by atoms with E-state index in [0.29, 0.717) is 17.3 Å². The number of rotatable bonds is 4. The fourth-order valence-electron chi connectivity index (χ4n) is 3.64. The maximum atomic E-state index is 10.9. The van der Waals surface area contributed by atoms with Crippen molar-refractivity contribution >= 4 is 51.2 Å². The average molecular weight is 449 g/mol. The number of hydrogen-bond donors (Lipinski definition) is 2. The van der Waals surface area contributed by atoms with Crippen LogP contribution < -0.4 is 5.32 Å². The molecule has 0 spiro atoms. The molecule has 156 valence electrons. The predicted octanol–water partition coefficient (Wildman–Crippen LogP) is 7.15. The summed E-state index contributed by atoms with van der Waals surface area (Å²) in [6.45, 7) is 4.50. The van der Waals surface area contributed by atoms with Crippen molar-refractivity contribution in [3.8, 4) is 5.88 Å². The van der Waals surface area contributed by atoms with E-state index in [1.807, 2.05) is 74.5 Å². The molecule has 0 saturated heterocycles. The van der Waals surface area contributed by atoms with Crippen molar-refractivity contribution in [2.75, 3.05) is 5.32 Å². The minimum Gasteiger partial charge on any atom is -0.493 e. The van der Waals surface area contributed by atoms with Crippen molar-refractivity contribution in [3.63, 3.8) is 0 Å². The second-order valence-corrected chi connectivity index (χ2v) is 8.24. The van der Waals surface area contributed by atoms with Crippen LogP contribution in [-0.2, 0) is 6.54 Å². The van der Waals surface area contributed by atoms with Gasteiger partial charge in [-0.2, -0.15) is 0 Å². The molecule has 7 heteroatoms. The molecule has 0 unspecified atom stereocenters. The molecular formula is C24H21ClN4OS. The molecule has 3 aromatic carbocycles. The lowest BCUT2D eigenvalue weighted by atomic mass is 10.1. The van der Waals surface area contributed by atoms with E-state index in [9.17, 15) is 5.11 Å². The summed E-state index contributed by atoms with van der Waals surface area (Å²) in [6.07, 6.45) is 0. The zero-order valence-corrected chi connectivity index (χ0v) is 18.7. The quantitative estimate of drug-likeness (QED) is 0.257. The SMILES string of the molecule is Cc1cc(C)cc(NC(=S)N=Nc2c(O)n(Cc3cccc(Cl)c3)c3ccccc23)c1. The maximum Gasteiger partial charge on any atom is 0.221 e. The van der Waals surface area contributed by atoms with Gasteiger partial charge < -0.3 is 15.0 Å². The Hall–Kier alpha value is -3.22. The second-order valence-electron chi connectivity index (χ2n) is 7.41. The highest BCUT2D eigenvalue weighted by Crippen LogP contribution is 2.39. The van der Waals surface area contributed by atoms with E-state index >= 15 is 0 Å². The van der Waals surface area contributed by atoms with E-state index in [1.165, 1.54) is 0 Å². The number of azo groups is 1. The van der Waals surface area contributed by atoms with Gasteiger partial charge in [0.1, 0.15) is 0 Å². The molecular weight excluding hydrogens is 428 g/mol. The third-order valence-electron chi connectivity index (χ3n) is 4.86. The van der Waals surface area contributed by atoms with Gasteiger partial charge in [-0.1, -0.05) is 48.0 Å². The number of hydrogen-bond acceptors (Lipinski definition) is 3. The van der Waals surface area contributed by atoms with Crippen LogP contribution in [0.2, 0.25) is 5.02 Å². The zero-order valence-electron chi connectivity index (χ0n) is 17.1. The van der Waals surface area contributed by atoms with E-state index in [2.05, 4.69) is 21.6 Å². The molecule has 0 radical (unpaired) electrons. The van der Waals surface area contributed by atoms with Crippen molar-refractivity contribution in [1.29, 1.82) is 0 Å². The Morgan fingerprint density at radius 2 is 1.77 bits per heavy atom. The molecule has 0 aliphatic heterocycles. The van der Waals surface area contributed by atoms with Gasteiger partial charge in [0.25, 0.3) is 0 Å². The first kappa shape index (κ1) is 21.0. The highest BCUT2D eigenvalue weighted by atomic mass is 35.5. The summed E-state index contributed by atoms with van der Waals surface area (Å²) >= 11 is 11.5. The summed E-state index contributed by atoms with van der Waals surface area (Å²) in [5.41, 5.74) is 5.31. The fourth-order valence-corrected chi connectivity index (χ4v) is 4.01. The summed E-state index contributed by atoms with van der Waals surface area (Å²) in [5.74, 6) is 0.0270. The first-order valence-electron chi connectivity index (χ1n) is 9.76. The number of aryl methyl sites for hydroxylation is 2. The number of thiocarbonyl (C=S) groups is 1. The minimum atomic E-state index is 0.0270. The van der Waals surface area contributed by atoms with Gasteiger partial charge >= 0.3 is 0 Å². The number of fused-ring (bicyclic) bond motifs is 1. The molecule has 0 atom stereocenters. The lowest BCUT2D eigenvalue weighted by molar-refractivity contribution is 0.429. The Morgan fingerprint density at radius 1 is 1.03 bits per heavy atom. The first-order chi connectivity index (χ1) is 14.9. The normalized spacial score (nSPS) is 11.3. The van der Waals surface area contributed by atoms with E-state index in [-0.39, 0.29) is 11.0 Å². The number of nitrogens with zero attached hydrogens (tertiary/aromatic N) is 3. The Labute approximate surface area is 191 Å². The number of halogens is 1. The van der Waals surface area contributed by atoms with Crippen LogP contribution in [0.5, 0.6) is 5.88 Å². The van der Waals surface area contributed by atoms with Crippen LogP contribution in [0.4, 0.5) is 11.4 Å². The molecule has 1 aromatic heterocycles. The number of benzene rings is 3.